The normalized spacial score (nSPS) is 11.1. The quantitative estimate of drug-likeness (QED) is 0.340. The van der Waals surface area contributed by atoms with Crippen LogP contribution in [0.25, 0.3) is 32.7 Å². The number of carbonyl (C=O) groups is 1. The highest BCUT2D eigenvalue weighted by Gasteiger charge is 2.19. The molecule has 0 aliphatic carbocycles. The van der Waals surface area contributed by atoms with Crippen molar-refractivity contribution in [2.24, 2.45) is 5.73 Å². The first-order chi connectivity index (χ1) is 16.9. The summed E-state index contributed by atoms with van der Waals surface area (Å²) in [6, 6.07) is 17.7. The van der Waals surface area contributed by atoms with Crippen LogP contribution >= 0.6 is 11.3 Å². The Hall–Kier alpha value is -4.17. The number of hydrogen-bond donors (Lipinski definition) is 1. The number of amides is 1. The number of fused-ring (bicyclic) bond motifs is 1. The number of thiazole rings is 1. The largest absolute Gasteiger partial charge is 0.496 e. The lowest BCUT2D eigenvalue weighted by atomic mass is 10.0. The molecule has 0 unspecified atom stereocenters. The zero-order valence-corrected chi connectivity index (χ0v) is 19.9. The minimum Gasteiger partial charge on any atom is -0.496 e. The Morgan fingerprint density at radius 2 is 1.86 bits per heavy atom. The first-order valence-electron chi connectivity index (χ1n) is 10.9. The van der Waals surface area contributed by atoms with Gasteiger partial charge < -0.3 is 10.5 Å². The molecule has 0 atom stereocenters. The highest BCUT2D eigenvalue weighted by Crippen LogP contribution is 2.32. The monoisotopic (exact) mass is 484 g/mol. The van der Waals surface area contributed by atoms with Crippen LogP contribution in [0.15, 0.2) is 66.9 Å². The zero-order valence-electron chi connectivity index (χ0n) is 19.1. The molecule has 1 amide bonds. The maximum atomic E-state index is 14.6. The lowest BCUT2D eigenvalue weighted by Crippen LogP contribution is -2.17. The Bertz CT molecular complexity index is 1580. The number of rotatable bonds is 6. The second kappa shape index (κ2) is 9.23. The summed E-state index contributed by atoms with van der Waals surface area (Å²) < 4.78 is 19.9. The fourth-order valence-corrected chi connectivity index (χ4v) is 4.94. The maximum absolute atomic E-state index is 14.6. The van der Waals surface area contributed by atoms with Crippen molar-refractivity contribution in [3.63, 3.8) is 0 Å². The molecule has 2 N–H and O–H groups in total. The van der Waals surface area contributed by atoms with E-state index in [1.54, 1.807) is 49.7 Å². The minimum atomic E-state index is -0.666. The number of carbonyl (C=O) groups excluding carboxylic acids is 1. The van der Waals surface area contributed by atoms with Crippen molar-refractivity contribution in [1.29, 1.82) is 0 Å². The van der Waals surface area contributed by atoms with Gasteiger partial charge in [0.05, 0.1) is 23.8 Å². The average Bonchev–Trinajstić information content (AvgIpc) is 3.32. The van der Waals surface area contributed by atoms with Gasteiger partial charge in [0.1, 0.15) is 16.6 Å². The molecule has 6 nitrogen and oxygen atoms in total. The Labute approximate surface area is 205 Å². The first-order valence-corrected chi connectivity index (χ1v) is 11.7. The smallest absolute Gasteiger partial charge is 0.269 e. The SMILES string of the molecule is COc1ccc(-c2ncc(Cc3nc4c(-c5ccccc5F)cccc4nc3C(N)=O)s2)cc1C. The number of halogens is 1. The highest BCUT2D eigenvalue weighted by molar-refractivity contribution is 7.15. The third-order valence-electron chi connectivity index (χ3n) is 5.70. The molecule has 3 aromatic carbocycles. The van der Waals surface area contributed by atoms with Gasteiger partial charge in [-0.25, -0.2) is 19.3 Å². The van der Waals surface area contributed by atoms with Gasteiger partial charge in [-0.05, 0) is 42.8 Å². The van der Waals surface area contributed by atoms with Crippen molar-refractivity contribution in [2.75, 3.05) is 7.11 Å². The van der Waals surface area contributed by atoms with Crippen LogP contribution < -0.4 is 10.5 Å². The van der Waals surface area contributed by atoms with Crippen LogP contribution in [-0.4, -0.2) is 28.0 Å². The molecule has 174 valence electrons. The van der Waals surface area contributed by atoms with E-state index in [1.807, 2.05) is 25.1 Å². The highest BCUT2D eigenvalue weighted by atomic mass is 32.1. The molecule has 0 saturated heterocycles. The number of benzene rings is 3. The Balaban J connectivity index is 1.57. The van der Waals surface area contributed by atoms with Gasteiger partial charge in [0.15, 0.2) is 5.69 Å². The van der Waals surface area contributed by atoms with Crippen LogP contribution in [-0.2, 0) is 6.42 Å². The topological polar surface area (TPSA) is 91.0 Å². The van der Waals surface area contributed by atoms with E-state index in [9.17, 15) is 9.18 Å². The van der Waals surface area contributed by atoms with E-state index < -0.39 is 5.91 Å². The summed E-state index contributed by atoms with van der Waals surface area (Å²) >= 11 is 1.50. The van der Waals surface area contributed by atoms with E-state index in [2.05, 4.69) is 9.97 Å². The lowest BCUT2D eigenvalue weighted by Gasteiger charge is -2.11. The summed E-state index contributed by atoms with van der Waals surface area (Å²) in [4.78, 5) is 26.9. The molecule has 35 heavy (non-hydrogen) atoms. The van der Waals surface area contributed by atoms with Gasteiger partial charge >= 0.3 is 0 Å². The van der Waals surface area contributed by atoms with Crippen LogP contribution in [0.4, 0.5) is 4.39 Å². The number of aromatic nitrogens is 3. The van der Waals surface area contributed by atoms with Crippen molar-refractivity contribution in [1.82, 2.24) is 15.0 Å². The third-order valence-corrected chi connectivity index (χ3v) is 6.75. The van der Waals surface area contributed by atoms with Gasteiger partial charge in [0.2, 0.25) is 0 Å². The molecular weight excluding hydrogens is 463 g/mol. The van der Waals surface area contributed by atoms with Crippen molar-refractivity contribution >= 4 is 28.3 Å². The molecule has 2 heterocycles. The fourth-order valence-electron chi connectivity index (χ4n) is 4.03. The number of nitrogens with two attached hydrogens (primary N) is 1. The predicted molar refractivity (Wildman–Crippen MR) is 135 cm³/mol. The van der Waals surface area contributed by atoms with Crippen LogP contribution in [0.2, 0.25) is 0 Å². The zero-order chi connectivity index (χ0) is 24.5. The molecule has 0 aliphatic rings. The van der Waals surface area contributed by atoms with E-state index in [0.29, 0.717) is 34.3 Å². The standard InChI is InChI=1S/C27H21FN4O2S/c1-15-12-16(10-11-23(15)34-2)27-30-14-17(35-27)13-22-25(26(29)33)31-21-9-5-7-19(24(21)32-22)18-6-3-4-8-20(18)28/h3-12,14H,13H2,1-2H3,(H2,29,33). The molecule has 0 fully saturated rings. The van der Waals surface area contributed by atoms with Gasteiger partial charge in [-0.2, -0.15) is 0 Å². The molecule has 5 aromatic rings. The second-order valence-corrected chi connectivity index (χ2v) is 9.14. The summed E-state index contributed by atoms with van der Waals surface area (Å²) in [5.74, 6) is -0.209. The molecule has 0 saturated carbocycles. The van der Waals surface area contributed by atoms with Crippen molar-refractivity contribution in [3.05, 3.63) is 94.5 Å². The van der Waals surface area contributed by atoms with Crippen LogP contribution in [0, 0.1) is 12.7 Å². The molecular formula is C27H21FN4O2S. The molecule has 2 aromatic heterocycles. The van der Waals surface area contributed by atoms with Crippen molar-refractivity contribution < 1.29 is 13.9 Å². The summed E-state index contributed by atoms with van der Waals surface area (Å²) in [5, 5.41) is 0.840. The summed E-state index contributed by atoms with van der Waals surface area (Å²) in [5.41, 5.74) is 10.2. The van der Waals surface area contributed by atoms with Crippen molar-refractivity contribution in [2.45, 2.75) is 13.3 Å². The number of primary amides is 1. The minimum absolute atomic E-state index is 0.0958. The number of methoxy groups -OCH3 is 1. The van der Waals surface area contributed by atoms with Gasteiger partial charge in [-0.3, -0.25) is 4.79 Å². The van der Waals surface area contributed by atoms with Crippen LogP contribution in [0.1, 0.15) is 26.6 Å². The fraction of sp³-hybridized carbons (Fsp3) is 0.111. The number of para-hydroxylation sites is 1. The summed E-state index contributed by atoms with van der Waals surface area (Å²) in [6.07, 6.45) is 2.08. The maximum Gasteiger partial charge on any atom is 0.269 e. The second-order valence-electron chi connectivity index (χ2n) is 8.03. The third kappa shape index (κ3) is 4.36. The van der Waals surface area contributed by atoms with Gasteiger partial charge in [0.25, 0.3) is 5.91 Å². The van der Waals surface area contributed by atoms with Gasteiger partial charge in [0, 0.05) is 34.2 Å². The lowest BCUT2D eigenvalue weighted by molar-refractivity contribution is 0.0994. The van der Waals surface area contributed by atoms with E-state index in [-0.39, 0.29) is 11.5 Å². The molecule has 0 radical (unpaired) electrons. The Morgan fingerprint density at radius 1 is 1.06 bits per heavy atom. The van der Waals surface area contributed by atoms with Crippen molar-refractivity contribution in [3.8, 4) is 27.4 Å². The predicted octanol–water partition coefficient (Wildman–Crippen LogP) is 5.57. The first kappa shape index (κ1) is 22.6. The van der Waals surface area contributed by atoms with Gasteiger partial charge in [-0.15, -0.1) is 11.3 Å². The molecule has 0 aliphatic heterocycles. The summed E-state index contributed by atoms with van der Waals surface area (Å²) in [7, 11) is 1.64. The molecule has 5 rings (SSSR count). The van der Waals surface area contributed by atoms with E-state index in [4.69, 9.17) is 15.5 Å². The van der Waals surface area contributed by atoms with E-state index >= 15 is 0 Å². The van der Waals surface area contributed by atoms with Gasteiger partial charge in [-0.1, -0.05) is 30.3 Å². The summed E-state index contributed by atoms with van der Waals surface area (Å²) in [6.45, 7) is 1.98. The van der Waals surface area contributed by atoms with Crippen LogP contribution in [0.3, 0.4) is 0 Å². The number of hydrogen-bond acceptors (Lipinski definition) is 6. The van der Waals surface area contributed by atoms with E-state index in [0.717, 1.165) is 26.8 Å². The Kier molecular flexibility index (Phi) is 5.96. The number of aryl methyl sites for hydroxylation is 1. The molecule has 8 heteroatoms. The Morgan fingerprint density at radius 3 is 2.60 bits per heavy atom. The molecule has 0 bridgehead atoms. The number of nitrogens with zero attached hydrogens (tertiary/aromatic N) is 3. The van der Waals surface area contributed by atoms with Crippen LogP contribution in [0.5, 0.6) is 5.75 Å². The average molecular weight is 485 g/mol. The number of ether oxygens (including phenoxy) is 1. The van der Waals surface area contributed by atoms with E-state index in [1.165, 1.54) is 17.4 Å². The molecule has 0 spiro atoms.